The van der Waals surface area contributed by atoms with Crippen LogP contribution >= 0.6 is 45.3 Å². The molecule has 0 fully saturated rings. The molecule has 4 heterocycles. The van der Waals surface area contributed by atoms with Gasteiger partial charge in [-0.1, -0.05) is 231 Å². The van der Waals surface area contributed by atoms with Gasteiger partial charge in [0.15, 0.2) is 0 Å². The van der Waals surface area contributed by atoms with E-state index in [9.17, 15) is 0 Å². The fourth-order valence-electron chi connectivity index (χ4n) is 19.3. The molecule has 20 aromatic carbocycles. The number of fused-ring (bicyclic) bond motifs is 12. The van der Waals surface area contributed by atoms with Crippen LogP contribution in [0.2, 0.25) is 0 Å². The molecule has 0 saturated heterocycles. The Kier molecular flexibility index (Phi) is 16.4. The van der Waals surface area contributed by atoms with Gasteiger partial charge in [-0.25, -0.2) is 0 Å². The summed E-state index contributed by atoms with van der Waals surface area (Å²) in [5.74, 6) is 0. The lowest BCUT2D eigenvalue weighted by Crippen LogP contribution is -2.12. The van der Waals surface area contributed by atoms with Crippen LogP contribution in [0.3, 0.4) is 0 Å². The minimum Gasteiger partial charge on any atom is -0.308 e. The monoisotopic (exact) mass is 1580 g/mol. The zero-order chi connectivity index (χ0) is 78.7. The van der Waals surface area contributed by atoms with Crippen molar-refractivity contribution in [2.75, 3.05) is 19.6 Å². The second kappa shape index (κ2) is 27.6. The van der Waals surface area contributed by atoms with Crippen molar-refractivity contribution in [1.82, 2.24) is 0 Å². The highest BCUT2D eigenvalue weighted by molar-refractivity contribution is 7.27. The van der Waals surface area contributed by atoms with Crippen molar-refractivity contribution >= 4 is 259 Å². The highest BCUT2D eigenvalue weighted by Crippen LogP contribution is 2.56. The largest absolute Gasteiger partial charge is 0.308 e. The van der Waals surface area contributed by atoms with Crippen LogP contribution in [-0.2, 0) is 0 Å². The van der Waals surface area contributed by atoms with E-state index in [2.05, 4.69) is 413 Å². The van der Waals surface area contributed by atoms with Crippen molar-refractivity contribution in [3.63, 3.8) is 0 Å². The van der Waals surface area contributed by atoms with Crippen LogP contribution in [-0.4, -0.2) is 0 Å². The zero-order valence-electron chi connectivity index (χ0n) is 65.9. The Hall–Kier alpha value is -13.4. The maximum Gasteiger partial charge on any atom is 0.0640 e. The molecule has 0 atom stereocenters. The lowest BCUT2D eigenvalue weighted by Gasteiger charge is -2.30. The molecule has 118 heavy (non-hydrogen) atoms. The molecule has 4 aromatic heterocycles. The van der Waals surface area contributed by atoms with Crippen LogP contribution in [0.5, 0.6) is 0 Å². The first kappa shape index (κ1) is 70.0. The SMILES string of the molecule is Cc1cc(C)cc(N(c2ccc3ccc4c(N(c5cc(C)cc(C)c5)c5cccc6c5sc5ccccc56)ccc5ccc2c3c54)c2cccc3c2sc2ccccc23)c1.Cc1cccc(N(c2ccc3ccc4c(N(c5cccc(C)c5)c5cccc6c5sc5ccccc56)ccc5ccc2c3c54)c2cccc3c2sc2ccccc23)c1. The molecule has 0 aliphatic rings. The third-order valence-corrected chi connectivity index (χ3v) is 29.0. The summed E-state index contributed by atoms with van der Waals surface area (Å²) in [5, 5.41) is 25.5. The molecule has 0 unspecified atom stereocenters. The Morgan fingerprint density at radius 3 is 0.661 bits per heavy atom. The van der Waals surface area contributed by atoms with E-state index in [1.165, 1.54) is 236 Å². The summed E-state index contributed by atoms with van der Waals surface area (Å²) in [6.45, 7) is 13.2. The molecule has 0 aliphatic heterocycles. The average Bonchev–Trinajstić information content (AvgIpc) is 0.728. The maximum absolute atomic E-state index is 2.52. The topological polar surface area (TPSA) is 13.0 Å². The first-order chi connectivity index (χ1) is 58.0. The van der Waals surface area contributed by atoms with Gasteiger partial charge in [0.2, 0.25) is 0 Å². The number of nitrogens with zero attached hydrogens (tertiary/aromatic N) is 4. The third-order valence-electron chi connectivity index (χ3n) is 24.1. The number of thiophene rings is 4. The Bertz CT molecular complexity index is 7700. The molecule has 0 radical (unpaired) electrons. The normalized spacial score (nSPS) is 12.0. The third kappa shape index (κ3) is 11.3. The molecule has 24 aromatic rings. The highest BCUT2D eigenvalue weighted by atomic mass is 32.1. The summed E-state index contributed by atoms with van der Waals surface area (Å²) in [7, 11) is 0. The number of hydrogen-bond donors (Lipinski definition) is 0. The zero-order valence-corrected chi connectivity index (χ0v) is 69.2. The molecule has 0 spiro atoms. The Balaban J connectivity index is 0.000000138. The van der Waals surface area contributed by atoms with E-state index in [1.54, 1.807) is 0 Å². The van der Waals surface area contributed by atoms with Gasteiger partial charge in [-0.05, 0) is 239 Å². The van der Waals surface area contributed by atoms with E-state index < -0.39 is 0 Å². The van der Waals surface area contributed by atoms with E-state index in [0.29, 0.717) is 0 Å². The maximum atomic E-state index is 2.52. The van der Waals surface area contributed by atoms with Crippen molar-refractivity contribution < 1.29 is 0 Å². The summed E-state index contributed by atoms with van der Waals surface area (Å²) in [6, 6.07) is 132. The summed E-state index contributed by atoms with van der Waals surface area (Å²) < 4.78 is 10.4. The summed E-state index contributed by atoms with van der Waals surface area (Å²) in [6.07, 6.45) is 0. The molecule has 4 nitrogen and oxygen atoms in total. The van der Waals surface area contributed by atoms with Gasteiger partial charge in [-0.15, -0.1) is 45.3 Å². The predicted octanol–water partition coefficient (Wildman–Crippen LogP) is 34.4. The molecule has 0 saturated carbocycles. The molecule has 0 amide bonds. The van der Waals surface area contributed by atoms with Gasteiger partial charge in [-0.2, -0.15) is 0 Å². The lowest BCUT2D eigenvalue weighted by molar-refractivity contribution is 1.28. The molecule has 24 rings (SSSR count). The van der Waals surface area contributed by atoms with E-state index >= 15 is 0 Å². The molecule has 0 aliphatic carbocycles. The average molecular weight is 1580 g/mol. The van der Waals surface area contributed by atoms with Crippen LogP contribution in [0.4, 0.5) is 68.2 Å². The summed E-state index contributed by atoms with van der Waals surface area (Å²) >= 11 is 7.53. The van der Waals surface area contributed by atoms with Crippen molar-refractivity contribution in [2.24, 2.45) is 0 Å². The molecular formula is C110H76N4S4. The van der Waals surface area contributed by atoms with Gasteiger partial charge in [0.1, 0.15) is 0 Å². The number of aryl methyl sites for hydroxylation is 6. The van der Waals surface area contributed by atoms with Crippen molar-refractivity contribution in [3.8, 4) is 0 Å². The predicted molar refractivity (Wildman–Crippen MR) is 519 cm³/mol. The number of anilines is 12. The van der Waals surface area contributed by atoms with Crippen LogP contribution in [0.15, 0.2) is 352 Å². The highest BCUT2D eigenvalue weighted by Gasteiger charge is 2.29. The van der Waals surface area contributed by atoms with Crippen molar-refractivity contribution in [1.29, 1.82) is 0 Å². The van der Waals surface area contributed by atoms with Crippen molar-refractivity contribution in [3.05, 3.63) is 385 Å². The summed E-state index contributed by atoms with van der Waals surface area (Å²) in [4.78, 5) is 10.0. The van der Waals surface area contributed by atoms with Gasteiger partial charge in [-0.3, -0.25) is 0 Å². The van der Waals surface area contributed by atoms with Crippen LogP contribution in [0.1, 0.15) is 33.4 Å². The fourth-order valence-corrected chi connectivity index (χ4v) is 24.1. The quantitative estimate of drug-likeness (QED) is 0.113. The molecule has 0 N–H and O–H groups in total. The van der Waals surface area contributed by atoms with Gasteiger partial charge in [0.05, 0.1) is 64.3 Å². The van der Waals surface area contributed by atoms with Crippen LogP contribution in [0, 0.1) is 41.5 Å². The van der Waals surface area contributed by atoms with Gasteiger partial charge >= 0.3 is 0 Å². The smallest absolute Gasteiger partial charge is 0.0640 e. The van der Waals surface area contributed by atoms with Gasteiger partial charge in [0.25, 0.3) is 0 Å². The van der Waals surface area contributed by atoms with E-state index in [-0.39, 0.29) is 0 Å². The summed E-state index contributed by atoms with van der Waals surface area (Å²) in [5.41, 5.74) is 21.6. The van der Waals surface area contributed by atoms with Crippen LogP contribution < -0.4 is 19.6 Å². The van der Waals surface area contributed by atoms with E-state index in [0.717, 1.165) is 11.4 Å². The van der Waals surface area contributed by atoms with E-state index in [4.69, 9.17) is 0 Å². The first-order valence-electron chi connectivity index (χ1n) is 40.5. The Morgan fingerprint density at radius 2 is 0.390 bits per heavy atom. The first-order valence-corrected chi connectivity index (χ1v) is 43.8. The number of hydrogen-bond acceptors (Lipinski definition) is 8. The lowest BCUT2D eigenvalue weighted by atomic mass is 9.91. The van der Waals surface area contributed by atoms with Gasteiger partial charge in [0, 0.05) is 106 Å². The number of rotatable bonds is 12. The minimum absolute atomic E-state index is 1.16. The second-order valence-corrected chi connectivity index (χ2v) is 36.1. The second-order valence-electron chi connectivity index (χ2n) is 31.9. The minimum atomic E-state index is 1.16. The molecule has 560 valence electrons. The Morgan fingerprint density at radius 1 is 0.161 bits per heavy atom. The van der Waals surface area contributed by atoms with Crippen molar-refractivity contribution in [2.45, 2.75) is 41.5 Å². The molecular weight excluding hydrogens is 1510 g/mol. The Labute approximate surface area is 699 Å². The van der Waals surface area contributed by atoms with E-state index in [1.807, 2.05) is 45.3 Å². The number of benzene rings is 20. The van der Waals surface area contributed by atoms with Gasteiger partial charge < -0.3 is 19.6 Å². The fraction of sp³-hybridized carbons (Fsp3) is 0.0545. The molecule has 8 heteroatoms. The standard InChI is InChI=1S/C56H40N2S2.C54H36N2S2/c1-33-27-34(2)30-39(29-33)57(49-15-9-13-43-41-11-5-7-17-51(41)59-55(43)49)47-25-21-37-20-24-46-48(26-22-38-19-23-45(47)53(37)54(38)46)58(40-31-35(3)28-36(4)32-40)50-16-10-14-44-42-12-6-8-18-52(42)60-56(44)50;1-33-11-7-13-37(31-33)55(47-19-9-17-41-39-15-3-5-21-49(39)57-53(41)47)45-29-25-35-24-28-44-46(30-26-36-23-27-43(45)51(35)52(36)44)56(38-14-8-12-34(2)32-38)48-20-10-18-42-40-16-4-6-22-50(40)58-54(42)48/h5-32H,1-4H3;3-32H,1-2H3. The molecule has 0 bridgehead atoms. The van der Waals surface area contributed by atoms with Crippen LogP contribution in [0.25, 0.3) is 145 Å².